The molecule has 2 rings (SSSR count). The highest BCUT2D eigenvalue weighted by Gasteiger charge is 2.36. The van der Waals surface area contributed by atoms with Crippen molar-refractivity contribution in [1.29, 1.82) is 0 Å². The van der Waals surface area contributed by atoms with Gasteiger partial charge in [-0.3, -0.25) is 0 Å². The van der Waals surface area contributed by atoms with E-state index in [1.54, 1.807) is 0 Å². The highest BCUT2D eigenvalue weighted by molar-refractivity contribution is 5.53. The van der Waals surface area contributed by atoms with E-state index in [1.807, 2.05) is 0 Å². The van der Waals surface area contributed by atoms with E-state index in [4.69, 9.17) is 4.74 Å². The Kier molecular flexibility index (Phi) is 4.14. The largest absolute Gasteiger partial charge is 0.488 e. The number of ether oxygens (including phenoxy) is 1. The van der Waals surface area contributed by atoms with Crippen LogP contribution in [-0.4, -0.2) is 12.6 Å². The molecule has 1 aromatic carbocycles. The Balaban J connectivity index is 2.64. The number of fused-ring (bicyclic) bond motifs is 1. The van der Waals surface area contributed by atoms with E-state index in [2.05, 4.69) is 72.8 Å². The third kappa shape index (κ3) is 3.11. The van der Waals surface area contributed by atoms with Gasteiger partial charge in [-0.1, -0.05) is 54.5 Å². The molecule has 0 spiro atoms. The van der Waals surface area contributed by atoms with E-state index in [-0.39, 0.29) is 16.9 Å². The molecule has 0 saturated heterocycles. The average molecular weight is 289 g/mol. The summed E-state index contributed by atoms with van der Waals surface area (Å²) in [6, 6.07) is 5.00. The first kappa shape index (κ1) is 16.4. The molecule has 2 unspecified atom stereocenters. The Morgan fingerprint density at radius 2 is 1.67 bits per heavy atom. The predicted molar refractivity (Wildman–Crippen MR) is 90.3 cm³/mol. The molecule has 1 aliphatic heterocycles. The number of likely N-dealkylation sites (N-methyl/N-ethyl adjacent to an activating group) is 1. The minimum atomic E-state index is 0.0895. The predicted octanol–water partition coefficient (Wildman–Crippen LogP) is 4.71. The van der Waals surface area contributed by atoms with Gasteiger partial charge in [0.25, 0.3) is 0 Å². The standard InChI is InChI=1S/C19H31NO/c1-9-20-16-12(2)21-17-14(16)10-13(18(3,4)5)11-15(17)19(6,7)8/h10-12,16,20H,9H2,1-8H3. The van der Waals surface area contributed by atoms with Gasteiger partial charge in [0, 0.05) is 11.1 Å². The van der Waals surface area contributed by atoms with Crippen molar-refractivity contribution in [3.05, 3.63) is 28.8 Å². The molecule has 0 fully saturated rings. The van der Waals surface area contributed by atoms with Crippen LogP contribution in [-0.2, 0) is 10.8 Å². The average Bonchev–Trinajstić information content (AvgIpc) is 2.63. The first-order chi connectivity index (χ1) is 9.55. The summed E-state index contributed by atoms with van der Waals surface area (Å²) in [5.74, 6) is 1.11. The van der Waals surface area contributed by atoms with Gasteiger partial charge in [0.2, 0.25) is 0 Å². The maximum Gasteiger partial charge on any atom is 0.128 e. The Morgan fingerprint density at radius 3 is 2.14 bits per heavy atom. The van der Waals surface area contributed by atoms with Crippen molar-refractivity contribution in [2.75, 3.05) is 6.54 Å². The Hall–Kier alpha value is -1.02. The maximum atomic E-state index is 6.23. The molecular formula is C19H31NO. The van der Waals surface area contributed by atoms with Crippen LogP contribution in [0.1, 0.15) is 78.1 Å². The second-order valence-electron chi connectivity index (χ2n) is 8.30. The van der Waals surface area contributed by atoms with Crippen LogP contribution in [0.2, 0.25) is 0 Å². The van der Waals surface area contributed by atoms with E-state index in [1.165, 1.54) is 16.7 Å². The second kappa shape index (κ2) is 5.31. The van der Waals surface area contributed by atoms with Crippen molar-refractivity contribution in [1.82, 2.24) is 5.32 Å². The lowest BCUT2D eigenvalue weighted by Gasteiger charge is -2.27. The molecule has 1 aliphatic rings. The molecule has 0 aromatic heterocycles. The molecule has 0 saturated carbocycles. The molecule has 118 valence electrons. The number of rotatable bonds is 2. The van der Waals surface area contributed by atoms with Crippen molar-refractivity contribution >= 4 is 0 Å². The third-order valence-corrected chi connectivity index (χ3v) is 4.32. The maximum absolute atomic E-state index is 6.23. The summed E-state index contributed by atoms with van der Waals surface area (Å²) in [5, 5.41) is 3.58. The van der Waals surface area contributed by atoms with Crippen LogP contribution in [0.25, 0.3) is 0 Å². The Morgan fingerprint density at radius 1 is 1.05 bits per heavy atom. The number of benzene rings is 1. The normalized spacial score (nSPS) is 22.1. The summed E-state index contributed by atoms with van der Waals surface area (Å²) in [4.78, 5) is 0. The zero-order chi connectivity index (χ0) is 16.0. The van der Waals surface area contributed by atoms with Crippen molar-refractivity contribution in [2.45, 2.75) is 78.4 Å². The highest BCUT2D eigenvalue weighted by Crippen LogP contribution is 2.45. The van der Waals surface area contributed by atoms with Crippen molar-refractivity contribution in [3.8, 4) is 5.75 Å². The van der Waals surface area contributed by atoms with Gasteiger partial charge in [-0.2, -0.15) is 0 Å². The fraction of sp³-hybridized carbons (Fsp3) is 0.684. The fourth-order valence-electron chi connectivity index (χ4n) is 3.01. The quantitative estimate of drug-likeness (QED) is 0.851. The van der Waals surface area contributed by atoms with E-state index in [9.17, 15) is 0 Å². The van der Waals surface area contributed by atoms with E-state index >= 15 is 0 Å². The Bertz CT molecular complexity index is 520. The van der Waals surface area contributed by atoms with Gasteiger partial charge in [-0.25, -0.2) is 0 Å². The van der Waals surface area contributed by atoms with Crippen LogP contribution in [0.15, 0.2) is 12.1 Å². The van der Waals surface area contributed by atoms with Gasteiger partial charge in [-0.05, 0) is 35.9 Å². The topological polar surface area (TPSA) is 21.3 Å². The van der Waals surface area contributed by atoms with Crippen LogP contribution < -0.4 is 10.1 Å². The second-order valence-corrected chi connectivity index (χ2v) is 8.30. The lowest BCUT2D eigenvalue weighted by atomic mass is 9.78. The summed E-state index contributed by atoms with van der Waals surface area (Å²) in [5.41, 5.74) is 4.30. The molecule has 0 radical (unpaired) electrons. The monoisotopic (exact) mass is 289 g/mol. The van der Waals surface area contributed by atoms with Crippen LogP contribution in [0.5, 0.6) is 5.75 Å². The summed E-state index contributed by atoms with van der Waals surface area (Å²) in [7, 11) is 0. The first-order valence-corrected chi connectivity index (χ1v) is 8.14. The zero-order valence-electron chi connectivity index (χ0n) is 14.9. The number of hydrogen-bond acceptors (Lipinski definition) is 2. The third-order valence-electron chi connectivity index (χ3n) is 4.32. The molecule has 0 bridgehead atoms. The van der Waals surface area contributed by atoms with Gasteiger partial charge in [0.05, 0.1) is 6.04 Å². The molecule has 0 aliphatic carbocycles. The molecule has 1 heterocycles. The van der Waals surface area contributed by atoms with Crippen molar-refractivity contribution in [3.63, 3.8) is 0 Å². The molecule has 2 atom stereocenters. The van der Waals surface area contributed by atoms with Gasteiger partial charge in [0.15, 0.2) is 0 Å². The minimum absolute atomic E-state index is 0.0895. The van der Waals surface area contributed by atoms with Crippen LogP contribution in [0, 0.1) is 0 Å². The molecule has 21 heavy (non-hydrogen) atoms. The molecule has 1 N–H and O–H groups in total. The number of hydrogen-bond donors (Lipinski definition) is 1. The van der Waals surface area contributed by atoms with Crippen molar-refractivity contribution < 1.29 is 4.74 Å². The van der Waals surface area contributed by atoms with E-state index in [0.717, 1.165) is 12.3 Å². The minimum Gasteiger partial charge on any atom is -0.488 e. The lowest BCUT2D eigenvalue weighted by molar-refractivity contribution is 0.207. The SMILES string of the molecule is CCNC1c2cc(C(C)(C)C)cc(C(C)(C)C)c2OC1C. The van der Waals surface area contributed by atoms with Crippen molar-refractivity contribution in [2.24, 2.45) is 0 Å². The smallest absolute Gasteiger partial charge is 0.128 e. The van der Waals surface area contributed by atoms with Crippen LogP contribution in [0.4, 0.5) is 0 Å². The fourth-order valence-corrected chi connectivity index (χ4v) is 3.01. The van der Waals surface area contributed by atoms with Gasteiger partial charge in [-0.15, -0.1) is 0 Å². The molecule has 1 aromatic rings. The summed E-state index contributed by atoms with van der Waals surface area (Å²) in [6.45, 7) is 18.9. The molecular weight excluding hydrogens is 258 g/mol. The van der Waals surface area contributed by atoms with E-state index < -0.39 is 0 Å². The first-order valence-electron chi connectivity index (χ1n) is 8.14. The lowest BCUT2D eigenvalue weighted by Crippen LogP contribution is -2.28. The summed E-state index contributed by atoms with van der Waals surface area (Å²) in [6.07, 6.45) is 0.191. The Labute approximate surface area is 130 Å². The van der Waals surface area contributed by atoms with Gasteiger partial charge in [0.1, 0.15) is 11.9 Å². The summed E-state index contributed by atoms with van der Waals surface area (Å²) < 4.78 is 6.23. The summed E-state index contributed by atoms with van der Waals surface area (Å²) >= 11 is 0. The zero-order valence-corrected chi connectivity index (χ0v) is 14.9. The van der Waals surface area contributed by atoms with Crippen LogP contribution in [0.3, 0.4) is 0 Å². The van der Waals surface area contributed by atoms with Crippen LogP contribution >= 0.6 is 0 Å². The molecule has 0 amide bonds. The highest BCUT2D eigenvalue weighted by atomic mass is 16.5. The van der Waals surface area contributed by atoms with Gasteiger partial charge < -0.3 is 10.1 Å². The van der Waals surface area contributed by atoms with Gasteiger partial charge >= 0.3 is 0 Å². The molecule has 2 heteroatoms. The number of nitrogens with one attached hydrogen (secondary N) is 1. The van der Waals surface area contributed by atoms with E-state index in [0.29, 0.717) is 6.04 Å². The molecule has 2 nitrogen and oxygen atoms in total.